The van der Waals surface area contributed by atoms with Crippen LogP contribution in [-0.2, 0) is 15.4 Å². The van der Waals surface area contributed by atoms with Crippen LogP contribution in [0.5, 0.6) is 0 Å². The molecular formula is C15H21ClN6O2S. The summed E-state index contributed by atoms with van der Waals surface area (Å²) in [4.78, 5) is 8.82. The van der Waals surface area contributed by atoms with Crippen LogP contribution in [-0.4, -0.2) is 57.7 Å². The van der Waals surface area contributed by atoms with Gasteiger partial charge in [-0.25, -0.2) is 27.2 Å². The lowest BCUT2D eigenvalue weighted by Crippen LogP contribution is -2.42. The fourth-order valence-corrected chi connectivity index (χ4v) is 4.32. The van der Waals surface area contributed by atoms with E-state index in [-0.39, 0.29) is 11.5 Å². The fourth-order valence-electron chi connectivity index (χ4n) is 3.23. The maximum Gasteiger partial charge on any atom is 0.241 e. The lowest BCUT2D eigenvalue weighted by Gasteiger charge is -2.30. The summed E-state index contributed by atoms with van der Waals surface area (Å²) in [6.07, 6.45) is 6.55. The fraction of sp³-hybridized carbons (Fsp3) is 0.667. The molecule has 8 nitrogen and oxygen atoms in total. The Bertz CT molecular complexity index is 915. The van der Waals surface area contributed by atoms with Crippen LogP contribution in [0.4, 0.5) is 5.95 Å². The number of piperidine rings is 1. The molecule has 25 heavy (non-hydrogen) atoms. The minimum atomic E-state index is -3.12. The zero-order chi connectivity index (χ0) is 17.8. The minimum absolute atomic E-state index is 0.0442. The molecule has 4 rings (SSSR count). The van der Waals surface area contributed by atoms with E-state index in [4.69, 9.17) is 11.6 Å². The predicted molar refractivity (Wildman–Crippen MR) is 95.4 cm³/mol. The number of imidazole rings is 1. The third kappa shape index (κ3) is 3.20. The monoisotopic (exact) mass is 384 g/mol. The number of hydrogen-bond donors (Lipinski definition) is 1. The quantitative estimate of drug-likeness (QED) is 0.861. The largest absolute Gasteiger partial charge is 0.350 e. The Hall–Kier alpha value is -1.45. The number of hydrogen-bond acceptors (Lipinski definition) is 6. The first kappa shape index (κ1) is 17.0. The molecule has 0 unspecified atom stereocenters. The van der Waals surface area contributed by atoms with Gasteiger partial charge in [0.25, 0.3) is 0 Å². The van der Waals surface area contributed by atoms with Crippen molar-refractivity contribution in [2.24, 2.45) is 0 Å². The number of nitrogens with zero attached hydrogens (tertiary/aromatic N) is 5. The van der Waals surface area contributed by atoms with E-state index in [1.165, 1.54) is 10.6 Å². The van der Waals surface area contributed by atoms with Gasteiger partial charge in [-0.3, -0.25) is 0 Å². The summed E-state index contributed by atoms with van der Waals surface area (Å²) in [5.41, 5.74) is 0.755. The number of sulfonamides is 1. The third-order valence-corrected chi connectivity index (χ3v) is 6.73. The van der Waals surface area contributed by atoms with Gasteiger partial charge in [-0.15, -0.1) is 5.10 Å². The van der Waals surface area contributed by atoms with E-state index in [1.807, 2.05) is 0 Å². The van der Waals surface area contributed by atoms with Gasteiger partial charge < -0.3 is 5.32 Å². The molecule has 0 amide bonds. The van der Waals surface area contributed by atoms with Gasteiger partial charge >= 0.3 is 0 Å². The molecule has 1 aliphatic carbocycles. The van der Waals surface area contributed by atoms with Crippen molar-refractivity contribution in [1.29, 1.82) is 0 Å². The van der Waals surface area contributed by atoms with Crippen molar-refractivity contribution in [2.75, 3.05) is 24.7 Å². The highest BCUT2D eigenvalue weighted by molar-refractivity contribution is 7.88. The first-order valence-corrected chi connectivity index (χ1v) is 10.6. The Morgan fingerprint density at radius 1 is 1.32 bits per heavy atom. The van der Waals surface area contributed by atoms with E-state index >= 15 is 0 Å². The Morgan fingerprint density at radius 3 is 2.60 bits per heavy atom. The van der Waals surface area contributed by atoms with Crippen LogP contribution in [0.3, 0.4) is 0 Å². The summed E-state index contributed by atoms with van der Waals surface area (Å²) in [6, 6.07) is 0.148. The molecule has 2 fully saturated rings. The van der Waals surface area contributed by atoms with Crippen molar-refractivity contribution in [3.05, 3.63) is 17.2 Å². The number of rotatable bonds is 4. The van der Waals surface area contributed by atoms with Gasteiger partial charge in [0.2, 0.25) is 16.0 Å². The van der Waals surface area contributed by atoms with Crippen LogP contribution >= 0.6 is 11.6 Å². The molecule has 3 heterocycles. The highest BCUT2D eigenvalue weighted by Gasteiger charge is 2.43. The van der Waals surface area contributed by atoms with Gasteiger partial charge in [0.15, 0.2) is 5.15 Å². The van der Waals surface area contributed by atoms with E-state index in [1.54, 1.807) is 10.7 Å². The number of halogens is 1. The van der Waals surface area contributed by atoms with Crippen LogP contribution in [0.15, 0.2) is 6.20 Å². The van der Waals surface area contributed by atoms with E-state index in [0.29, 0.717) is 29.7 Å². The average molecular weight is 385 g/mol. The van der Waals surface area contributed by atoms with Gasteiger partial charge in [-0.2, -0.15) is 0 Å². The lowest BCUT2D eigenvalue weighted by atomic mass is 10.1. The Kier molecular flexibility index (Phi) is 3.93. The number of aromatic nitrogens is 4. The summed E-state index contributed by atoms with van der Waals surface area (Å²) in [5, 5.41) is 8.32. The Labute approximate surface area is 151 Å². The smallest absolute Gasteiger partial charge is 0.241 e. The van der Waals surface area contributed by atoms with Crippen molar-refractivity contribution in [3.8, 4) is 0 Å². The molecular weight excluding hydrogens is 364 g/mol. The summed E-state index contributed by atoms with van der Waals surface area (Å²) in [7, 11) is -3.12. The van der Waals surface area contributed by atoms with Gasteiger partial charge in [-0.05, 0) is 25.7 Å². The van der Waals surface area contributed by atoms with Gasteiger partial charge in [0, 0.05) is 24.5 Å². The minimum Gasteiger partial charge on any atom is -0.350 e. The van der Waals surface area contributed by atoms with Crippen molar-refractivity contribution in [2.45, 2.75) is 44.1 Å². The molecule has 2 aliphatic rings. The number of nitrogens with one attached hydrogen (secondary N) is 1. The molecule has 1 N–H and O–H groups in total. The maximum absolute atomic E-state index is 11.6. The van der Waals surface area contributed by atoms with Crippen LogP contribution in [0.25, 0.3) is 5.52 Å². The summed E-state index contributed by atoms with van der Waals surface area (Å²) in [6.45, 7) is 3.19. The molecule has 1 saturated heterocycles. The molecule has 0 aromatic carbocycles. The lowest BCUT2D eigenvalue weighted by molar-refractivity contribution is 0.331. The second-order valence-electron chi connectivity index (χ2n) is 7.25. The van der Waals surface area contributed by atoms with E-state index in [9.17, 15) is 8.42 Å². The topological polar surface area (TPSA) is 92.5 Å². The molecule has 0 radical (unpaired) electrons. The molecule has 0 spiro atoms. The second kappa shape index (κ2) is 5.78. The van der Waals surface area contributed by atoms with E-state index in [0.717, 1.165) is 31.5 Å². The third-order valence-electron chi connectivity index (χ3n) is 5.14. The van der Waals surface area contributed by atoms with Gasteiger partial charge in [0.1, 0.15) is 11.3 Å². The Morgan fingerprint density at radius 2 is 2.00 bits per heavy atom. The molecule has 1 aliphatic heterocycles. The molecule has 2 aromatic heterocycles. The molecule has 0 atom stereocenters. The van der Waals surface area contributed by atoms with Crippen LogP contribution in [0.2, 0.25) is 5.15 Å². The molecule has 1 saturated carbocycles. The van der Waals surface area contributed by atoms with Crippen molar-refractivity contribution in [1.82, 2.24) is 23.9 Å². The van der Waals surface area contributed by atoms with Gasteiger partial charge in [-0.1, -0.05) is 18.5 Å². The maximum atomic E-state index is 11.6. The average Bonchev–Trinajstić information content (AvgIpc) is 3.21. The second-order valence-corrected chi connectivity index (χ2v) is 9.59. The zero-order valence-corrected chi connectivity index (χ0v) is 15.8. The van der Waals surface area contributed by atoms with E-state index < -0.39 is 10.0 Å². The van der Waals surface area contributed by atoms with Gasteiger partial charge in [0.05, 0.1) is 12.5 Å². The van der Waals surface area contributed by atoms with Crippen LogP contribution in [0.1, 0.15) is 38.4 Å². The van der Waals surface area contributed by atoms with Crippen LogP contribution in [0, 0.1) is 0 Å². The molecule has 0 bridgehead atoms. The molecule has 10 heteroatoms. The predicted octanol–water partition coefficient (Wildman–Crippen LogP) is 1.67. The zero-order valence-electron chi connectivity index (χ0n) is 14.2. The van der Waals surface area contributed by atoms with Crippen LogP contribution < -0.4 is 5.32 Å². The Balaban J connectivity index is 1.53. The highest BCUT2D eigenvalue weighted by atomic mass is 35.5. The standard InChI is InChI=1S/C15H21ClN6O2S/c1-15(5-6-15)13-19-12(16)11-9-17-14(20-22(11)13)18-10-3-7-21(8-4-10)25(2,23)24/h9-10H,3-8H2,1-2H3,(H,18,20). The molecule has 2 aromatic rings. The highest BCUT2D eigenvalue weighted by Crippen LogP contribution is 2.47. The molecule has 136 valence electrons. The summed E-state index contributed by atoms with van der Waals surface area (Å²) in [5.74, 6) is 1.40. The van der Waals surface area contributed by atoms with Crippen molar-refractivity contribution < 1.29 is 8.42 Å². The summed E-state index contributed by atoms with van der Waals surface area (Å²) >= 11 is 6.22. The number of anilines is 1. The summed E-state index contributed by atoms with van der Waals surface area (Å²) < 4.78 is 26.5. The number of fused-ring (bicyclic) bond motifs is 1. The van der Waals surface area contributed by atoms with E-state index in [2.05, 4.69) is 27.3 Å². The normalized spacial score (nSPS) is 21.6. The van der Waals surface area contributed by atoms with Crippen molar-refractivity contribution >= 4 is 33.1 Å². The van der Waals surface area contributed by atoms with Crippen molar-refractivity contribution in [3.63, 3.8) is 0 Å². The first-order valence-electron chi connectivity index (χ1n) is 8.40. The SMILES string of the molecule is CC1(c2nc(Cl)c3cnc(NC4CCN(S(C)(=O)=O)CC4)nn23)CC1. The first-order chi connectivity index (χ1) is 11.8.